The minimum Gasteiger partial charge on any atom is -0.467 e. The topological polar surface area (TPSA) is 121 Å². The number of nitrogens with one attached hydrogen (secondary N) is 1. The van der Waals surface area contributed by atoms with Gasteiger partial charge in [-0.05, 0) is 28.3 Å². The van der Waals surface area contributed by atoms with Crippen LogP contribution in [0.5, 0.6) is 0 Å². The van der Waals surface area contributed by atoms with Gasteiger partial charge in [0.1, 0.15) is 0 Å². The summed E-state index contributed by atoms with van der Waals surface area (Å²) in [6, 6.07) is 14.4. The molecule has 0 spiro atoms. The van der Waals surface area contributed by atoms with Crippen LogP contribution in [0.1, 0.15) is 31.7 Å². The zero-order valence-electron chi connectivity index (χ0n) is 18.2. The third kappa shape index (κ3) is 5.36. The van der Waals surface area contributed by atoms with E-state index in [-0.39, 0.29) is 12.5 Å². The summed E-state index contributed by atoms with van der Waals surface area (Å²) in [5.74, 6) is -0.327. The molecule has 9 heteroatoms. The van der Waals surface area contributed by atoms with Gasteiger partial charge in [-0.15, -0.1) is 10.2 Å². The summed E-state index contributed by atoms with van der Waals surface area (Å²) in [6.07, 6.45) is 1.87. The Morgan fingerprint density at radius 2 is 1.84 bits per heavy atom. The van der Waals surface area contributed by atoms with Gasteiger partial charge in [0, 0.05) is 18.5 Å². The maximum absolute atomic E-state index is 12.8. The molecule has 3 aromatic rings. The molecular weight excluding hydrogens is 410 g/mol. The van der Waals surface area contributed by atoms with Crippen molar-refractivity contribution in [2.24, 2.45) is 0 Å². The van der Waals surface area contributed by atoms with Gasteiger partial charge in [-0.25, -0.2) is 4.79 Å². The number of tetrazole rings is 1. The third-order valence-corrected chi connectivity index (χ3v) is 5.22. The molecule has 0 fully saturated rings. The number of nitrogens with zero attached hydrogens (tertiary/aromatic N) is 4. The molecule has 9 nitrogen and oxygen atoms in total. The van der Waals surface area contributed by atoms with Gasteiger partial charge in [0.15, 0.2) is 6.04 Å². The molecule has 2 aromatic carbocycles. The van der Waals surface area contributed by atoms with Crippen LogP contribution in [0.4, 0.5) is 0 Å². The lowest BCUT2D eigenvalue weighted by Gasteiger charge is -2.29. The first-order chi connectivity index (χ1) is 15.6. The fourth-order valence-electron chi connectivity index (χ4n) is 3.47. The average molecular weight is 438 g/mol. The maximum Gasteiger partial charge on any atom is 0.331 e. The van der Waals surface area contributed by atoms with Crippen LogP contribution < -0.4 is 0 Å². The number of H-pyrrole nitrogens is 1. The van der Waals surface area contributed by atoms with E-state index in [1.54, 1.807) is 0 Å². The van der Waals surface area contributed by atoms with E-state index >= 15 is 0 Å². The first-order valence-corrected chi connectivity index (χ1v) is 10.5. The number of aromatic amines is 1. The van der Waals surface area contributed by atoms with Gasteiger partial charge in [-0.2, -0.15) is 5.21 Å². The van der Waals surface area contributed by atoms with Crippen molar-refractivity contribution in [3.63, 3.8) is 0 Å². The number of amides is 1. The number of hydrogen-bond donors (Lipinski definition) is 2. The molecule has 0 radical (unpaired) electrons. The van der Waals surface area contributed by atoms with Crippen LogP contribution in [0.2, 0.25) is 0 Å². The number of benzene rings is 2. The molecule has 1 atom stereocenters. The minimum atomic E-state index is -1.04. The Hall–Kier alpha value is -3.59. The highest BCUT2D eigenvalue weighted by molar-refractivity contribution is 5.85. The van der Waals surface area contributed by atoms with Gasteiger partial charge < -0.3 is 14.7 Å². The summed E-state index contributed by atoms with van der Waals surface area (Å²) in [4.78, 5) is 26.3. The van der Waals surface area contributed by atoms with Crippen molar-refractivity contribution >= 4 is 11.9 Å². The molecule has 2 N–H and O–H groups in total. The molecule has 168 valence electrons. The largest absolute Gasteiger partial charge is 0.467 e. The molecule has 0 saturated carbocycles. The third-order valence-electron chi connectivity index (χ3n) is 5.22. The Labute approximate surface area is 186 Å². The lowest BCUT2D eigenvalue weighted by Crippen LogP contribution is -2.47. The summed E-state index contributed by atoms with van der Waals surface area (Å²) in [6.45, 7) is 1.68. The predicted octanol–water partition coefficient (Wildman–Crippen LogP) is 2.59. The molecule has 1 aromatic heterocycles. The Morgan fingerprint density at radius 3 is 2.44 bits per heavy atom. The highest BCUT2D eigenvalue weighted by atomic mass is 16.5. The van der Waals surface area contributed by atoms with Crippen LogP contribution in [0.15, 0.2) is 48.5 Å². The fourth-order valence-corrected chi connectivity index (χ4v) is 3.47. The van der Waals surface area contributed by atoms with Crippen molar-refractivity contribution in [3.05, 3.63) is 54.1 Å². The summed E-state index contributed by atoms with van der Waals surface area (Å²) < 4.78 is 4.79. The number of ether oxygens (including phenoxy) is 1. The monoisotopic (exact) mass is 437 g/mol. The van der Waals surface area contributed by atoms with E-state index in [1.165, 1.54) is 12.0 Å². The van der Waals surface area contributed by atoms with Gasteiger partial charge in [-0.3, -0.25) is 4.79 Å². The van der Waals surface area contributed by atoms with E-state index < -0.39 is 18.6 Å². The lowest BCUT2D eigenvalue weighted by atomic mass is 9.98. The van der Waals surface area contributed by atoms with Crippen molar-refractivity contribution in [2.45, 2.75) is 38.8 Å². The molecule has 0 saturated heterocycles. The number of esters is 1. The lowest BCUT2D eigenvalue weighted by molar-refractivity contribution is -0.155. The van der Waals surface area contributed by atoms with E-state index in [0.29, 0.717) is 18.7 Å². The molecule has 32 heavy (non-hydrogen) atoms. The summed E-state index contributed by atoms with van der Waals surface area (Å²) in [7, 11) is 1.25. The van der Waals surface area contributed by atoms with Crippen LogP contribution >= 0.6 is 0 Å². The second kappa shape index (κ2) is 11.1. The molecular formula is C23H27N5O4. The molecule has 0 aliphatic carbocycles. The van der Waals surface area contributed by atoms with Gasteiger partial charge in [-0.1, -0.05) is 61.9 Å². The standard InChI is InChI=1S/C23H27N5O4/c1-3-4-9-21(30)28(20(15-29)23(31)32-2)14-16-10-12-17(13-11-16)18-7-5-6-8-19(18)22-24-26-27-25-22/h5-8,10-13,20,29H,3-4,9,14-15H2,1-2H3,(H,24,25,26,27)/t20-/m0/s1. The number of carbonyl (C=O) groups is 2. The van der Waals surface area contributed by atoms with Gasteiger partial charge in [0.2, 0.25) is 11.7 Å². The van der Waals surface area contributed by atoms with E-state index in [0.717, 1.165) is 28.7 Å². The van der Waals surface area contributed by atoms with Gasteiger partial charge in [0.05, 0.1) is 13.7 Å². The van der Waals surface area contributed by atoms with E-state index in [1.807, 2.05) is 55.5 Å². The molecule has 0 aliphatic rings. The number of methoxy groups -OCH3 is 1. The highest BCUT2D eigenvalue weighted by Crippen LogP contribution is 2.30. The second-order valence-electron chi connectivity index (χ2n) is 7.32. The fraction of sp³-hybridized carbons (Fsp3) is 0.348. The number of unbranched alkanes of at least 4 members (excludes halogenated alkanes) is 1. The molecule has 0 unspecified atom stereocenters. The number of hydrogen-bond acceptors (Lipinski definition) is 7. The van der Waals surface area contributed by atoms with E-state index in [2.05, 4.69) is 20.6 Å². The number of aliphatic hydroxyl groups excluding tert-OH is 1. The molecule has 1 amide bonds. The molecule has 3 rings (SSSR count). The normalized spacial score (nSPS) is 11.7. The predicted molar refractivity (Wildman–Crippen MR) is 118 cm³/mol. The van der Waals surface area contributed by atoms with Crippen molar-refractivity contribution in [3.8, 4) is 22.5 Å². The zero-order chi connectivity index (χ0) is 22.9. The van der Waals surface area contributed by atoms with E-state index in [9.17, 15) is 14.7 Å². The number of aliphatic hydroxyl groups is 1. The first kappa shape index (κ1) is 23.1. The smallest absolute Gasteiger partial charge is 0.331 e. The molecule has 0 aliphatic heterocycles. The maximum atomic E-state index is 12.8. The van der Waals surface area contributed by atoms with E-state index in [4.69, 9.17) is 4.74 Å². The SMILES string of the molecule is CCCCC(=O)N(Cc1ccc(-c2ccccc2-c2nn[nH]n2)cc1)[C@@H](CO)C(=O)OC. The van der Waals surface area contributed by atoms with Crippen LogP contribution in [-0.4, -0.2) is 62.3 Å². The molecule has 1 heterocycles. The summed E-state index contributed by atoms with van der Waals surface area (Å²) in [5.41, 5.74) is 3.57. The van der Waals surface area contributed by atoms with Crippen LogP contribution in [0.3, 0.4) is 0 Å². The zero-order valence-corrected chi connectivity index (χ0v) is 18.2. The van der Waals surface area contributed by atoms with Crippen molar-refractivity contribution in [1.29, 1.82) is 0 Å². The number of carbonyl (C=O) groups excluding carboxylic acids is 2. The van der Waals surface area contributed by atoms with Crippen LogP contribution in [0.25, 0.3) is 22.5 Å². The average Bonchev–Trinajstić information content (AvgIpc) is 3.37. The van der Waals surface area contributed by atoms with Crippen molar-refractivity contribution in [2.75, 3.05) is 13.7 Å². The van der Waals surface area contributed by atoms with Crippen molar-refractivity contribution in [1.82, 2.24) is 25.5 Å². The minimum absolute atomic E-state index is 0.190. The highest BCUT2D eigenvalue weighted by Gasteiger charge is 2.29. The van der Waals surface area contributed by atoms with Crippen LogP contribution in [-0.2, 0) is 20.9 Å². The van der Waals surface area contributed by atoms with Crippen LogP contribution in [0, 0.1) is 0 Å². The number of rotatable bonds is 10. The Kier molecular flexibility index (Phi) is 8.04. The summed E-state index contributed by atoms with van der Waals surface area (Å²) in [5, 5.41) is 24.0. The number of aromatic nitrogens is 4. The second-order valence-corrected chi connectivity index (χ2v) is 7.32. The molecule has 0 bridgehead atoms. The Morgan fingerprint density at radius 1 is 1.12 bits per heavy atom. The Balaban J connectivity index is 1.85. The van der Waals surface area contributed by atoms with Gasteiger partial charge >= 0.3 is 5.97 Å². The summed E-state index contributed by atoms with van der Waals surface area (Å²) >= 11 is 0. The quantitative estimate of drug-likeness (QED) is 0.468. The van der Waals surface area contributed by atoms with Gasteiger partial charge in [0.25, 0.3) is 0 Å². The first-order valence-electron chi connectivity index (χ1n) is 10.5. The Bertz CT molecular complexity index is 1020. The van der Waals surface area contributed by atoms with Crippen molar-refractivity contribution < 1.29 is 19.4 Å².